The molecule has 6 nitrogen and oxygen atoms in total. The predicted octanol–water partition coefficient (Wildman–Crippen LogP) is 5.69. The molecule has 0 unspecified atom stereocenters. The molecule has 0 atom stereocenters. The molecule has 0 saturated carbocycles. The van der Waals surface area contributed by atoms with Gasteiger partial charge >= 0.3 is 12.2 Å². The Morgan fingerprint density at radius 3 is 2.24 bits per heavy atom. The smallest absolute Gasteiger partial charge is 0.416 e. The number of nitrogens with one attached hydrogen (secondary N) is 3. The van der Waals surface area contributed by atoms with E-state index in [9.17, 15) is 18.0 Å². The van der Waals surface area contributed by atoms with Gasteiger partial charge in [-0.05, 0) is 54.6 Å². The number of hydrazine groups is 1. The lowest BCUT2D eigenvalue weighted by Gasteiger charge is -2.13. The molecule has 150 valence electrons. The van der Waals surface area contributed by atoms with Crippen LogP contribution in [0.4, 0.5) is 29.3 Å². The van der Waals surface area contributed by atoms with Crippen LogP contribution in [0.2, 0.25) is 5.02 Å². The molecule has 0 saturated heterocycles. The van der Waals surface area contributed by atoms with E-state index in [-0.39, 0.29) is 10.7 Å². The highest BCUT2D eigenvalue weighted by atomic mass is 35.5. The number of amides is 2. The minimum absolute atomic E-state index is 0.0417. The summed E-state index contributed by atoms with van der Waals surface area (Å²) in [6, 6.07) is 12.1. The van der Waals surface area contributed by atoms with Gasteiger partial charge in [0.1, 0.15) is 11.5 Å². The molecular formula is C19H14ClF3N4O2. The van der Waals surface area contributed by atoms with Gasteiger partial charge in [-0.2, -0.15) is 13.2 Å². The number of urea groups is 1. The number of carbonyl (C=O) groups excluding carboxylic acids is 1. The van der Waals surface area contributed by atoms with Crippen LogP contribution in [0.1, 0.15) is 5.56 Å². The lowest BCUT2D eigenvalue weighted by Crippen LogP contribution is -2.33. The summed E-state index contributed by atoms with van der Waals surface area (Å²) in [5.41, 5.74) is 4.71. The number of halogens is 4. The summed E-state index contributed by atoms with van der Waals surface area (Å²) >= 11 is 5.80. The third-order valence-corrected chi connectivity index (χ3v) is 3.92. The van der Waals surface area contributed by atoms with E-state index in [1.165, 1.54) is 0 Å². The lowest BCUT2D eigenvalue weighted by atomic mass is 10.2. The van der Waals surface area contributed by atoms with Crippen molar-refractivity contribution in [2.45, 2.75) is 6.18 Å². The van der Waals surface area contributed by atoms with Gasteiger partial charge in [0.05, 0.1) is 22.0 Å². The molecule has 0 fully saturated rings. The maximum absolute atomic E-state index is 12.6. The van der Waals surface area contributed by atoms with Crippen molar-refractivity contribution in [3.63, 3.8) is 0 Å². The van der Waals surface area contributed by atoms with Crippen molar-refractivity contribution in [2.75, 3.05) is 10.7 Å². The SMILES string of the molecule is O=C(NNc1ccc(Oc2ccncc2)cc1)Nc1ccc(C(F)(F)F)cc1Cl. The number of hydrogen-bond donors (Lipinski definition) is 3. The van der Waals surface area contributed by atoms with Crippen molar-refractivity contribution >= 4 is 29.0 Å². The van der Waals surface area contributed by atoms with Gasteiger partial charge in [0, 0.05) is 12.4 Å². The number of benzene rings is 2. The number of pyridine rings is 1. The van der Waals surface area contributed by atoms with Crippen LogP contribution in [-0.2, 0) is 6.18 Å². The number of ether oxygens (including phenoxy) is 1. The van der Waals surface area contributed by atoms with Crippen molar-refractivity contribution in [3.05, 3.63) is 77.6 Å². The van der Waals surface area contributed by atoms with Gasteiger partial charge in [0.2, 0.25) is 0 Å². The van der Waals surface area contributed by atoms with E-state index in [0.29, 0.717) is 17.2 Å². The molecule has 3 aromatic rings. The van der Waals surface area contributed by atoms with Gasteiger partial charge < -0.3 is 10.1 Å². The first-order chi connectivity index (χ1) is 13.8. The first-order valence-electron chi connectivity index (χ1n) is 8.19. The number of anilines is 2. The zero-order valence-electron chi connectivity index (χ0n) is 14.6. The molecule has 0 radical (unpaired) electrons. The highest BCUT2D eigenvalue weighted by Gasteiger charge is 2.30. The third-order valence-electron chi connectivity index (χ3n) is 3.60. The highest BCUT2D eigenvalue weighted by Crippen LogP contribution is 2.33. The minimum Gasteiger partial charge on any atom is -0.457 e. The molecule has 2 aromatic carbocycles. The van der Waals surface area contributed by atoms with Gasteiger partial charge in [-0.25, -0.2) is 4.79 Å². The lowest BCUT2D eigenvalue weighted by molar-refractivity contribution is -0.137. The van der Waals surface area contributed by atoms with Crippen molar-refractivity contribution in [2.24, 2.45) is 0 Å². The van der Waals surface area contributed by atoms with Gasteiger partial charge in [-0.1, -0.05) is 11.6 Å². The van der Waals surface area contributed by atoms with E-state index in [1.54, 1.807) is 48.8 Å². The first kappa shape index (κ1) is 20.3. The molecule has 10 heteroatoms. The van der Waals surface area contributed by atoms with Gasteiger partial charge in [-0.3, -0.25) is 15.8 Å². The average Bonchev–Trinajstić information content (AvgIpc) is 2.69. The van der Waals surface area contributed by atoms with Gasteiger partial charge in [-0.15, -0.1) is 0 Å². The monoisotopic (exact) mass is 422 g/mol. The zero-order chi connectivity index (χ0) is 20.9. The van der Waals surface area contributed by atoms with E-state index in [0.717, 1.165) is 18.2 Å². The third kappa shape index (κ3) is 5.76. The second kappa shape index (κ2) is 8.70. The topological polar surface area (TPSA) is 75.3 Å². The number of hydrogen-bond acceptors (Lipinski definition) is 4. The van der Waals surface area contributed by atoms with Crippen molar-refractivity contribution in [3.8, 4) is 11.5 Å². The molecular weight excluding hydrogens is 409 g/mol. The van der Waals surface area contributed by atoms with Gasteiger partial charge in [0.25, 0.3) is 0 Å². The average molecular weight is 423 g/mol. The van der Waals surface area contributed by atoms with Crippen molar-refractivity contribution < 1.29 is 22.7 Å². The predicted molar refractivity (Wildman–Crippen MR) is 103 cm³/mol. The number of carbonyl (C=O) groups is 1. The standard InChI is InChI=1S/C19H14ClF3N4O2/c20-16-11-12(19(21,22)23)1-6-17(16)25-18(28)27-26-13-2-4-14(5-3-13)29-15-7-9-24-10-8-15/h1-11,26H,(H2,25,27,28). The fourth-order valence-corrected chi connectivity index (χ4v) is 2.45. The summed E-state index contributed by atoms with van der Waals surface area (Å²) in [5, 5.41) is 2.13. The molecule has 1 heterocycles. The van der Waals surface area contributed by atoms with Crippen LogP contribution in [0.25, 0.3) is 0 Å². The minimum atomic E-state index is -4.51. The Kier molecular flexibility index (Phi) is 6.08. The summed E-state index contributed by atoms with van der Waals surface area (Å²) in [7, 11) is 0. The Morgan fingerprint density at radius 1 is 0.966 bits per heavy atom. The molecule has 0 spiro atoms. The summed E-state index contributed by atoms with van der Waals surface area (Å²) in [6.45, 7) is 0. The van der Waals surface area contributed by atoms with E-state index in [4.69, 9.17) is 16.3 Å². The van der Waals surface area contributed by atoms with Crippen LogP contribution in [0.3, 0.4) is 0 Å². The van der Waals surface area contributed by atoms with E-state index in [2.05, 4.69) is 21.2 Å². The zero-order valence-corrected chi connectivity index (χ0v) is 15.4. The second-order valence-electron chi connectivity index (χ2n) is 5.71. The summed E-state index contributed by atoms with van der Waals surface area (Å²) in [5.74, 6) is 1.22. The molecule has 29 heavy (non-hydrogen) atoms. The Balaban J connectivity index is 1.53. The van der Waals surface area contributed by atoms with Crippen LogP contribution in [-0.4, -0.2) is 11.0 Å². The number of aromatic nitrogens is 1. The van der Waals surface area contributed by atoms with E-state index in [1.807, 2.05) is 0 Å². The van der Waals surface area contributed by atoms with Crippen molar-refractivity contribution in [1.29, 1.82) is 0 Å². The number of nitrogens with zero attached hydrogens (tertiary/aromatic N) is 1. The van der Waals surface area contributed by atoms with Crippen LogP contribution < -0.4 is 20.9 Å². The van der Waals surface area contributed by atoms with Crippen molar-refractivity contribution in [1.82, 2.24) is 10.4 Å². The summed E-state index contributed by atoms with van der Waals surface area (Å²) in [6.07, 6.45) is -1.30. The normalized spacial score (nSPS) is 10.9. The van der Waals surface area contributed by atoms with Crippen LogP contribution >= 0.6 is 11.6 Å². The largest absolute Gasteiger partial charge is 0.457 e. The maximum atomic E-state index is 12.6. The first-order valence-corrected chi connectivity index (χ1v) is 8.57. The maximum Gasteiger partial charge on any atom is 0.416 e. The molecule has 3 rings (SSSR count). The quantitative estimate of drug-likeness (QED) is 0.461. The molecule has 1 aromatic heterocycles. The molecule has 0 aliphatic carbocycles. The number of alkyl halides is 3. The summed E-state index contributed by atoms with van der Waals surface area (Å²) < 4.78 is 43.5. The van der Waals surface area contributed by atoms with E-state index >= 15 is 0 Å². The fourth-order valence-electron chi connectivity index (χ4n) is 2.22. The molecule has 0 aliphatic rings. The van der Waals surface area contributed by atoms with E-state index < -0.39 is 17.8 Å². The Bertz CT molecular complexity index is 983. The van der Waals surface area contributed by atoms with Crippen LogP contribution in [0.15, 0.2) is 67.0 Å². The Morgan fingerprint density at radius 2 is 1.62 bits per heavy atom. The molecule has 3 N–H and O–H groups in total. The second-order valence-corrected chi connectivity index (χ2v) is 6.11. The molecule has 0 aliphatic heterocycles. The fraction of sp³-hybridized carbons (Fsp3) is 0.0526. The van der Waals surface area contributed by atoms with Crippen LogP contribution in [0.5, 0.6) is 11.5 Å². The molecule has 0 bridgehead atoms. The Hall–Kier alpha value is -3.46. The Labute approximate surface area is 168 Å². The van der Waals surface area contributed by atoms with Crippen LogP contribution in [0, 0.1) is 0 Å². The molecule has 2 amide bonds. The number of rotatable bonds is 5. The van der Waals surface area contributed by atoms with Gasteiger partial charge in [0.15, 0.2) is 0 Å². The summed E-state index contributed by atoms with van der Waals surface area (Å²) in [4.78, 5) is 15.8. The highest BCUT2D eigenvalue weighted by molar-refractivity contribution is 6.33.